The van der Waals surface area contributed by atoms with Gasteiger partial charge in [0.1, 0.15) is 0 Å². The van der Waals surface area contributed by atoms with E-state index in [4.69, 9.17) is 0 Å². The molecule has 2 fully saturated rings. The van der Waals surface area contributed by atoms with Crippen LogP contribution in [0.25, 0.3) is 0 Å². The Kier molecular flexibility index (Phi) is 5.75. The predicted octanol–water partition coefficient (Wildman–Crippen LogP) is 2.78. The van der Waals surface area contributed by atoms with Crippen LogP contribution in [0.5, 0.6) is 0 Å². The lowest BCUT2D eigenvalue weighted by Gasteiger charge is -2.39. The molecule has 2 rings (SSSR count). The number of rotatable bonds is 3. The number of hydrogen-bond acceptors (Lipinski definition) is 2. The van der Waals surface area contributed by atoms with Gasteiger partial charge in [-0.3, -0.25) is 0 Å². The SMILES string of the molecule is CC(C)C1CCCN(CC2(C)CCNC2)C1.Cl. The largest absolute Gasteiger partial charge is 0.316 e. The van der Waals surface area contributed by atoms with Crippen molar-refractivity contribution in [3.05, 3.63) is 0 Å². The highest BCUT2D eigenvalue weighted by atomic mass is 35.5. The maximum atomic E-state index is 3.51. The van der Waals surface area contributed by atoms with Gasteiger partial charge in [-0.05, 0) is 49.6 Å². The highest BCUT2D eigenvalue weighted by Crippen LogP contribution is 2.29. The van der Waals surface area contributed by atoms with Crippen LogP contribution in [-0.2, 0) is 0 Å². The van der Waals surface area contributed by atoms with Gasteiger partial charge in [0.2, 0.25) is 0 Å². The van der Waals surface area contributed by atoms with E-state index in [0.717, 1.165) is 11.8 Å². The molecule has 1 N–H and O–H groups in total. The van der Waals surface area contributed by atoms with Crippen molar-refractivity contribution < 1.29 is 0 Å². The zero-order valence-electron chi connectivity index (χ0n) is 11.7. The molecule has 0 spiro atoms. The summed E-state index contributed by atoms with van der Waals surface area (Å²) in [4.78, 5) is 2.72. The van der Waals surface area contributed by atoms with E-state index in [0.29, 0.717) is 5.41 Å². The van der Waals surface area contributed by atoms with Gasteiger partial charge in [0, 0.05) is 19.6 Å². The summed E-state index contributed by atoms with van der Waals surface area (Å²) >= 11 is 0. The van der Waals surface area contributed by atoms with Crippen LogP contribution in [0.3, 0.4) is 0 Å². The molecule has 2 heterocycles. The van der Waals surface area contributed by atoms with E-state index in [1.165, 1.54) is 52.0 Å². The minimum atomic E-state index is 0. The average molecular weight is 261 g/mol. The third-order valence-corrected chi connectivity index (χ3v) is 4.55. The highest BCUT2D eigenvalue weighted by Gasteiger charge is 2.32. The lowest BCUT2D eigenvalue weighted by atomic mass is 9.84. The van der Waals surface area contributed by atoms with Gasteiger partial charge < -0.3 is 10.2 Å². The summed E-state index contributed by atoms with van der Waals surface area (Å²) in [7, 11) is 0. The first kappa shape index (κ1) is 15.3. The van der Waals surface area contributed by atoms with Gasteiger partial charge in [-0.2, -0.15) is 0 Å². The van der Waals surface area contributed by atoms with Crippen LogP contribution >= 0.6 is 12.4 Å². The molecule has 2 unspecified atom stereocenters. The summed E-state index contributed by atoms with van der Waals surface area (Å²) in [6, 6.07) is 0. The molecule has 0 amide bonds. The maximum Gasteiger partial charge on any atom is 0.00481 e. The Balaban J connectivity index is 0.00000144. The molecule has 0 radical (unpaired) electrons. The van der Waals surface area contributed by atoms with E-state index in [1.54, 1.807) is 0 Å². The molecule has 0 aromatic heterocycles. The highest BCUT2D eigenvalue weighted by molar-refractivity contribution is 5.85. The van der Waals surface area contributed by atoms with Gasteiger partial charge in [-0.15, -0.1) is 12.4 Å². The third-order valence-electron chi connectivity index (χ3n) is 4.55. The molecule has 2 saturated heterocycles. The fourth-order valence-electron chi connectivity index (χ4n) is 3.32. The molecule has 2 aliphatic rings. The Morgan fingerprint density at radius 3 is 2.76 bits per heavy atom. The minimum Gasteiger partial charge on any atom is -0.316 e. The molecule has 0 aliphatic carbocycles. The molecule has 102 valence electrons. The second-order valence-corrected chi connectivity index (χ2v) is 6.62. The van der Waals surface area contributed by atoms with Crippen molar-refractivity contribution in [2.24, 2.45) is 17.3 Å². The standard InChI is InChI=1S/C14H28N2.ClH/c1-12(2)13-5-4-8-16(9-13)11-14(3)6-7-15-10-14;/h12-13,15H,4-11H2,1-3H3;1H. The molecule has 17 heavy (non-hydrogen) atoms. The molecular formula is C14H29ClN2. The van der Waals surface area contributed by atoms with E-state index in [9.17, 15) is 0 Å². The van der Waals surface area contributed by atoms with Gasteiger partial charge in [-0.1, -0.05) is 20.8 Å². The van der Waals surface area contributed by atoms with E-state index >= 15 is 0 Å². The number of piperidine rings is 1. The molecule has 2 atom stereocenters. The zero-order chi connectivity index (χ0) is 11.6. The van der Waals surface area contributed by atoms with E-state index < -0.39 is 0 Å². The molecule has 2 aliphatic heterocycles. The van der Waals surface area contributed by atoms with Crippen LogP contribution in [0.2, 0.25) is 0 Å². The predicted molar refractivity (Wildman–Crippen MR) is 76.8 cm³/mol. The van der Waals surface area contributed by atoms with E-state index in [1.807, 2.05) is 0 Å². The molecule has 0 saturated carbocycles. The van der Waals surface area contributed by atoms with Crippen molar-refractivity contribution in [1.29, 1.82) is 0 Å². The Bertz CT molecular complexity index is 224. The van der Waals surface area contributed by atoms with Crippen molar-refractivity contribution in [3.8, 4) is 0 Å². The van der Waals surface area contributed by atoms with Crippen molar-refractivity contribution in [3.63, 3.8) is 0 Å². The van der Waals surface area contributed by atoms with Gasteiger partial charge >= 0.3 is 0 Å². The lowest BCUT2D eigenvalue weighted by molar-refractivity contribution is 0.103. The van der Waals surface area contributed by atoms with Crippen molar-refractivity contribution >= 4 is 12.4 Å². The first-order chi connectivity index (χ1) is 7.59. The third kappa shape index (κ3) is 4.11. The molecule has 3 heteroatoms. The van der Waals surface area contributed by atoms with Crippen LogP contribution in [0.15, 0.2) is 0 Å². The van der Waals surface area contributed by atoms with Crippen LogP contribution in [0, 0.1) is 17.3 Å². The van der Waals surface area contributed by atoms with Crippen LogP contribution in [0.1, 0.15) is 40.0 Å². The summed E-state index contributed by atoms with van der Waals surface area (Å²) < 4.78 is 0. The van der Waals surface area contributed by atoms with E-state index in [2.05, 4.69) is 31.0 Å². The van der Waals surface area contributed by atoms with Crippen LogP contribution in [0.4, 0.5) is 0 Å². The first-order valence-corrected chi connectivity index (χ1v) is 7.02. The summed E-state index contributed by atoms with van der Waals surface area (Å²) in [5.74, 6) is 1.80. The summed E-state index contributed by atoms with van der Waals surface area (Å²) in [5.41, 5.74) is 0.541. The van der Waals surface area contributed by atoms with Gasteiger partial charge in [0.15, 0.2) is 0 Å². The Morgan fingerprint density at radius 2 is 2.18 bits per heavy atom. The van der Waals surface area contributed by atoms with E-state index in [-0.39, 0.29) is 12.4 Å². The first-order valence-electron chi connectivity index (χ1n) is 7.02. The number of likely N-dealkylation sites (tertiary alicyclic amines) is 1. The van der Waals surface area contributed by atoms with Crippen molar-refractivity contribution in [2.75, 3.05) is 32.7 Å². The van der Waals surface area contributed by atoms with Crippen LogP contribution < -0.4 is 5.32 Å². The summed E-state index contributed by atoms with van der Waals surface area (Å²) in [6.45, 7) is 13.6. The second-order valence-electron chi connectivity index (χ2n) is 6.62. The Labute approximate surface area is 113 Å². The topological polar surface area (TPSA) is 15.3 Å². The van der Waals surface area contributed by atoms with Crippen molar-refractivity contribution in [2.45, 2.75) is 40.0 Å². The lowest BCUT2D eigenvalue weighted by Crippen LogP contribution is -2.43. The number of hydrogen-bond donors (Lipinski definition) is 1. The molecule has 0 bridgehead atoms. The second kappa shape index (κ2) is 6.40. The maximum absolute atomic E-state index is 3.51. The molecule has 2 nitrogen and oxygen atoms in total. The van der Waals surface area contributed by atoms with Gasteiger partial charge in [0.25, 0.3) is 0 Å². The minimum absolute atomic E-state index is 0. The number of nitrogens with zero attached hydrogens (tertiary/aromatic N) is 1. The summed E-state index contributed by atoms with van der Waals surface area (Å²) in [6.07, 6.45) is 4.21. The molecule has 0 aromatic rings. The Hall–Kier alpha value is 0.210. The number of halogens is 1. The van der Waals surface area contributed by atoms with Crippen LogP contribution in [-0.4, -0.2) is 37.6 Å². The quantitative estimate of drug-likeness (QED) is 0.840. The number of nitrogens with one attached hydrogen (secondary N) is 1. The van der Waals surface area contributed by atoms with Gasteiger partial charge in [0.05, 0.1) is 0 Å². The molecule has 0 aromatic carbocycles. The van der Waals surface area contributed by atoms with Crippen molar-refractivity contribution in [1.82, 2.24) is 10.2 Å². The normalized spacial score (nSPS) is 34.9. The monoisotopic (exact) mass is 260 g/mol. The van der Waals surface area contributed by atoms with Gasteiger partial charge in [-0.25, -0.2) is 0 Å². The Morgan fingerprint density at radius 1 is 1.41 bits per heavy atom. The fraction of sp³-hybridized carbons (Fsp3) is 1.00. The molecular weight excluding hydrogens is 232 g/mol. The smallest absolute Gasteiger partial charge is 0.00481 e. The fourth-order valence-corrected chi connectivity index (χ4v) is 3.32. The zero-order valence-corrected chi connectivity index (χ0v) is 12.5. The average Bonchev–Trinajstić information content (AvgIpc) is 2.65. The summed E-state index contributed by atoms with van der Waals surface area (Å²) in [5, 5.41) is 3.51.